The van der Waals surface area contributed by atoms with Crippen molar-refractivity contribution in [3.63, 3.8) is 0 Å². The Balaban J connectivity index is 6.11. The molecule has 0 spiro atoms. The van der Waals surface area contributed by atoms with E-state index in [0.29, 0.717) is 0 Å². The fraction of sp³-hybridized carbons (Fsp3) is 0.905. The maximum atomic E-state index is 14.0. The maximum absolute atomic E-state index is 14.0. The SMILES string of the molecule is CC(C)(C)CC(CC(C(=O)O)C(C)(C)C)C(=O)OCC(F)(F)C(F)(F)C(F)(F)C(F)(F)C(F)(F)C(F)F. The highest BCUT2D eigenvalue weighted by atomic mass is 19.4. The van der Waals surface area contributed by atoms with Crippen LogP contribution in [-0.4, -0.2) is 59.7 Å². The number of halogens is 12. The lowest BCUT2D eigenvalue weighted by Crippen LogP contribution is -2.69. The fourth-order valence-corrected chi connectivity index (χ4v) is 3.25. The van der Waals surface area contributed by atoms with Crippen LogP contribution >= 0.6 is 0 Å². The van der Waals surface area contributed by atoms with Crippen molar-refractivity contribution in [2.45, 2.75) is 90.4 Å². The van der Waals surface area contributed by atoms with Crippen LogP contribution in [0.4, 0.5) is 52.7 Å². The summed E-state index contributed by atoms with van der Waals surface area (Å²) in [4.78, 5) is 24.0. The monoisotopic (exact) mass is 572 g/mol. The van der Waals surface area contributed by atoms with E-state index in [1.54, 1.807) is 0 Å². The van der Waals surface area contributed by atoms with Crippen molar-refractivity contribution in [3.8, 4) is 0 Å². The molecule has 0 aliphatic heterocycles. The van der Waals surface area contributed by atoms with Crippen molar-refractivity contribution < 1.29 is 72.1 Å². The van der Waals surface area contributed by atoms with Crippen molar-refractivity contribution in [2.24, 2.45) is 22.7 Å². The topological polar surface area (TPSA) is 63.6 Å². The molecule has 0 saturated heterocycles. The molecule has 0 rings (SSSR count). The van der Waals surface area contributed by atoms with E-state index in [-0.39, 0.29) is 6.42 Å². The van der Waals surface area contributed by atoms with E-state index in [1.807, 2.05) is 0 Å². The van der Waals surface area contributed by atoms with Crippen LogP contribution in [0.2, 0.25) is 0 Å². The van der Waals surface area contributed by atoms with Crippen LogP contribution in [0.5, 0.6) is 0 Å². The molecule has 4 nitrogen and oxygen atoms in total. The van der Waals surface area contributed by atoms with E-state index in [4.69, 9.17) is 0 Å². The molecule has 2 atom stereocenters. The number of hydrogen-bond donors (Lipinski definition) is 1. The standard InChI is InChI=1S/C21H28F12O4/c1-15(2,3)8-10(7-11(12(34)35)16(4,5)6)13(36)37-9-17(24,25)19(28,29)21(32,33)20(30,31)18(26,27)14(22)23/h10-11,14H,7-9H2,1-6H3,(H,34,35). The summed E-state index contributed by atoms with van der Waals surface area (Å²) in [6.07, 6.45) is -6.51. The molecule has 0 saturated carbocycles. The second-order valence-electron chi connectivity index (χ2n) is 10.9. The van der Waals surface area contributed by atoms with E-state index in [2.05, 4.69) is 4.74 Å². The first-order valence-corrected chi connectivity index (χ1v) is 10.5. The van der Waals surface area contributed by atoms with Crippen LogP contribution < -0.4 is 0 Å². The Bertz CT molecular complexity index is 813. The summed E-state index contributed by atoms with van der Waals surface area (Å²) in [7, 11) is 0. The summed E-state index contributed by atoms with van der Waals surface area (Å²) in [6.45, 7) is 5.82. The summed E-state index contributed by atoms with van der Waals surface area (Å²) in [5, 5.41) is 9.43. The minimum atomic E-state index is -7.73. The average molecular weight is 572 g/mol. The Hall–Kier alpha value is -1.90. The van der Waals surface area contributed by atoms with Gasteiger partial charge in [0, 0.05) is 0 Å². The van der Waals surface area contributed by atoms with Gasteiger partial charge < -0.3 is 9.84 Å². The third-order valence-corrected chi connectivity index (χ3v) is 5.39. The quantitative estimate of drug-likeness (QED) is 0.199. The van der Waals surface area contributed by atoms with Crippen molar-refractivity contribution in [3.05, 3.63) is 0 Å². The Labute approximate surface area is 204 Å². The van der Waals surface area contributed by atoms with Gasteiger partial charge in [0.1, 0.15) is 0 Å². The molecule has 0 fully saturated rings. The van der Waals surface area contributed by atoms with Crippen LogP contribution in [0.3, 0.4) is 0 Å². The molecule has 220 valence electrons. The van der Waals surface area contributed by atoms with Crippen LogP contribution in [0.15, 0.2) is 0 Å². The molecule has 0 aromatic carbocycles. The van der Waals surface area contributed by atoms with Crippen molar-refractivity contribution in [1.82, 2.24) is 0 Å². The number of hydrogen-bond acceptors (Lipinski definition) is 3. The predicted octanol–water partition coefficient (Wildman–Crippen LogP) is 7.16. The molecule has 16 heteroatoms. The fourth-order valence-electron chi connectivity index (χ4n) is 3.25. The number of carboxylic acid groups (broad SMARTS) is 1. The third-order valence-electron chi connectivity index (χ3n) is 5.39. The van der Waals surface area contributed by atoms with E-state index >= 15 is 0 Å². The van der Waals surface area contributed by atoms with Crippen LogP contribution in [-0.2, 0) is 14.3 Å². The zero-order valence-electron chi connectivity index (χ0n) is 20.6. The van der Waals surface area contributed by atoms with Gasteiger partial charge in [-0.3, -0.25) is 9.59 Å². The molecule has 1 N–H and O–H groups in total. The largest absolute Gasteiger partial charge is 0.481 e. The highest BCUT2D eigenvalue weighted by molar-refractivity contribution is 5.75. The average Bonchev–Trinajstić information content (AvgIpc) is 2.66. The van der Waals surface area contributed by atoms with E-state index in [9.17, 15) is 67.4 Å². The molecule has 0 bridgehead atoms. The lowest BCUT2D eigenvalue weighted by Gasteiger charge is -2.39. The smallest absolute Gasteiger partial charge is 0.384 e. The highest BCUT2D eigenvalue weighted by Crippen LogP contribution is 2.58. The summed E-state index contributed by atoms with van der Waals surface area (Å²) in [5.74, 6) is -42.5. The number of ether oxygens (including phenoxy) is 1. The van der Waals surface area contributed by atoms with Gasteiger partial charge >= 0.3 is 48.0 Å². The molecule has 0 amide bonds. The predicted molar refractivity (Wildman–Crippen MR) is 104 cm³/mol. The number of carboxylic acids is 1. The Kier molecular flexibility index (Phi) is 10.1. The maximum Gasteiger partial charge on any atom is 0.384 e. The van der Waals surface area contributed by atoms with Gasteiger partial charge in [0.15, 0.2) is 6.61 Å². The number of carbonyl (C=O) groups excluding carboxylic acids is 1. The molecule has 0 aliphatic carbocycles. The number of carbonyl (C=O) groups is 2. The second kappa shape index (κ2) is 10.7. The highest BCUT2D eigenvalue weighted by Gasteiger charge is 2.87. The summed E-state index contributed by atoms with van der Waals surface area (Å²) in [6, 6.07) is 0. The first-order chi connectivity index (χ1) is 16.0. The first kappa shape index (κ1) is 35.1. The van der Waals surface area contributed by atoms with E-state index < -0.39 is 83.7 Å². The zero-order chi connectivity index (χ0) is 30.2. The normalized spacial score (nSPS) is 16.5. The number of aliphatic carboxylic acids is 1. The third kappa shape index (κ3) is 7.36. The molecule has 0 aliphatic rings. The molecule has 0 heterocycles. The number of esters is 1. The Morgan fingerprint density at radius 1 is 0.757 bits per heavy atom. The Morgan fingerprint density at radius 3 is 1.51 bits per heavy atom. The van der Waals surface area contributed by atoms with E-state index in [1.165, 1.54) is 41.5 Å². The zero-order valence-corrected chi connectivity index (χ0v) is 20.6. The van der Waals surface area contributed by atoms with Gasteiger partial charge in [-0.1, -0.05) is 41.5 Å². The van der Waals surface area contributed by atoms with Gasteiger partial charge in [-0.05, 0) is 23.7 Å². The molecule has 0 aromatic rings. The number of rotatable bonds is 12. The van der Waals surface area contributed by atoms with Gasteiger partial charge in [-0.2, -0.15) is 43.9 Å². The minimum Gasteiger partial charge on any atom is -0.481 e. The van der Waals surface area contributed by atoms with Gasteiger partial charge in [-0.15, -0.1) is 0 Å². The van der Waals surface area contributed by atoms with Crippen molar-refractivity contribution in [1.29, 1.82) is 0 Å². The minimum absolute atomic E-state index is 0.289. The van der Waals surface area contributed by atoms with Crippen LogP contribution in [0, 0.1) is 22.7 Å². The first-order valence-electron chi connectivity index (χ1n) is 10.5. The molecule has 0 radical (unpaired) electrons. The molecule has 37 heavy (non-hydrogen) atoms. The summed E-state index contributed by atoms with van der Waals surface area (Å²) >= 11 is 0. The van der Waals surface area contributed by atoms with Crippen LogP contribution in [0.25, 0.3) is 0 Å². The summed E-state index contributed by atoms with van der Waals surface area (Å²) < 4.78 is 164. The van der Waals surface area contributed by atoms with Crippen LogP contribution in [0.1, 0.15) is 54.4 Å². The second-order valence-corrected chi connectivity index (χ2v) is 10.9. The Morgan fingerprint density at radius 2 is 1.19 bits per heavy atom. The van der Waals surface area contributed by atoms with Gasteiger partial charge in [0.05, 0.1) is 11.8 Å². The lowest BCUT2D eigenvalue weighted by atomic mass is 9.72. The molecule has 2 unspecified atom stereocenters. The van der Waals surface area contributed by atoms with E-state index in [0.717, 1.165) is 0 Å². The molecular formula is C21H28F12O4. The summed E-state index contributed by atoms with van der Waals surface area (Å²) in [5.41, 5.74) is -1.85. The van der Waals surface area contributed by atoms with Gasteiger partial charge in [0.2, 0.25) is 0 Å². The van der Waals surface area contributed by atoms with Gasteiger partial charge in [-0.25, -0.2) is 8.78 Å². The number of alkyl halides is 12. The molecular weight excluding hydrogens is 544 g/mol. The van der Waals surface area contributed by atoms with Gasteiger partial charge in [0.25, 0.3) is 0 Å². The van der Waals surface area contributed by atoms with Crippen molar-refractivity contribution >= 4 is 11.9 Å². The van der Waals surface area contributed by atoms with Crippen molar-refractivity contribution in [2.75, 3.05) is 6.61 Å². The lowest BCUT2D eigenvalue weighted by molar-refractivity contribution is -0.414. The molecule has 0 aromatic heterocycles.